The summed E-state index contributed by atoms with van der Waals surface area (Å²) in [5.41, 5.74) is 1.57. The Bertz CT molecular complexity index is 1470. The number of hydrogen-bond donors (Lipinski definition) is 2. The first-order valence-corrected chi connectivity index (χ1v) is 10.7. The first-order valence-electron chi connectivity index (χ1n) is 9.88. The second-order valence-electron chi connectivity index (χ2n) is 7.08. The van der Waals surface area contributed by atoms with Crippen LogP contribution in [0.5, 0.6) is 5.88 Å². The van der Waals surface area contributed by atoms with Crippen LogP contribution in [0.15, 0.2) is 102 Å². The van der Waals surface area contributed by atoms with Gasteiger partial charge in [0.15, 0.2) is 0 Å². The molecule has 164 valence electrons. The molecule has 1 aromatic heterocycles. The Kier molecular flexibility index (Phi) is 6.41. The minimum Gasteiger partial charge on any atom is -0.493 e. The number of halogens is 1. The zero-order chi connectivity index (χ0) is 23.4. The smallest absolute Gasteiger partial charge is 0.335 e. The standard InChI is InChI=1S/C24H18BrN5O3/c1-15-13-19(11-12-21(15)25)30-23(32)20(22(31)27-24(30)33)14-26-16-7-9-18(10-8-16)29-28-17-5-3-2-4-6-17/h2-14,32H,1H3,(H,27,31,33). The molecule has 0 saturated carbocycles. The molecule has 0 radical (unpaired) electrons. The summed E-state index contributed by atoms with van der Waals surface area (Å²) in [7, 11) is 0. The third-order valence-corrected chi connectivity index (χ3v) is 5.64. The molecule has 1 heterocycles. The van der Waals surface area contributed by atoms with Crippen molar-refractivity contribution in [2.75, 3.05) is 0 Å². The van der Waals surface area contributed by atoms with Crippen LogP contribution in [0.1, 0.15) is 11.1 Å². The van der Waals surface area contributed by atoms with E-state index < -0.39 is 17.1 Å². The predicted octanol–water partition coefficient (Wildman–Crippen LogP) is 5.47. The summed E-state index contributed by atoms with van der Waals surface area (Å²) in [6.45, 7) is 1.85. The van der Waals surface area contributed by atoms with E-state index in [4.69, 9.17) is 0 Å². The molecule has 0 spiro atoms. The van der Waals surface area contributed by atoms with E-state index in [9.17, 15) is 14.7 Å². The maximum absolute atomic E-state index is 12.4. The van der Waals surface area contributed by atoms with Gasteiger partial charge in [0, 0.05) is 10.7 Å². The van der Waals surface area contributed by atoms with Crippen molar-refractivity contribution in [2.24, 2.45) is 15.2 Å². The van der Waals surface area contributed by atoms with Gasteiger partial charge in [0.2, 0.25) is 5.88 Å². The molecule has 0 bridgehead atoms. The zero-order valence-electron chi connectivity index (χ0n) is 17.4. The lowest BCUT2D eigenvalue weighted by molar-refractivity contribution is 0.430. The molecular formula is C24H18BrN5O3. The van der Waals surface area contributed by atoms with Crippen LogP contribution in [-0.2, 0) is 0 Å². The number of hydrogen-bond acceptors (Lipinski definition) is 6. The molecule has 0 saturated heterocycles. The van der Waals surface area contributed by atoms with Crippen LogP contribution >= 0.6 is 15.9 Å². The molecule has 0 atom stereocenters. The van der Waals surface area contributed by atoms with Crippen LogP contribution in [0.25, 0.3) is 5.69 Å². The summed E-state index contributed by atoms with van der Waals surface area (Å²) in [6, 6.07) is 21.4. The summed E-state index contributed by atoms with van der Waals surface area (Å²) in [5, 5.41) is 19.0. The average molecular weight is 504 g/mol. The number of aromatic amines is 1. The Morgan fingerprint density at radius 1 is 0.909 bits per heavy atom. The molecule has 0 amide bonds. The number of aryl methyl sites for hydroxylation is 1. The van der Waals surface area contributed by atoms with Gasteiger partial charge in [0.1, 0.15) is 5.56 Å². The van der Waals surface area contributed by atoms with Crippen LogP contribution < -0.4 is 11.2 Å². The maximum Gasteiger partial charge on any atom is 0.335 e. The van der Waals surface area contributed by atoms with Crippen molar-refractivity contribution in [1.82, 2.24) is 9.55 Å². The lowest BCUT2D eigenvalue weighted by Crippen LogP contribution is -2.31. The van der Waals surface area contributed by atoms with Crippen molar-refractivity contribution in [2.45, 2.75) is 6.92 Å². The van der Waals surface area contributed by atoms with Crippen LogP contribution in [0.4, 0.5) is 17.1 Å². The third kappa shape index (κ3) is 5.04. The minimum atomic E-state index is -0.746. The molecular weight excluding hydrogens is 486 g/mol. The number of nitrogens with zero attached hydrogens (tertiary/aromatic N) is 4. The highest BCUT2D eigenvalue weighted by molar-refractivity contribution is 9.10. The molecule has 0 aliphatic carbocycles. The Morgan fingerprint density at radius 2 is 1.55 bits per heavy atom. The molecule has 0 aliphatic rings. The zero-order valence-corrected chi connectivity index (χ0v) is 19.0. The molecule has 33 heavy (non-hydrogen) atoms. The fourth-order valence-corrected chi connectivity index (χ4v) is 3.26. The van der Waals surface area contributed by atoms with E-state index in [0.29, 0.717) is 17.1 Å². The topological polar surface area (TPSA) is 112 Å². The Morgan fingerprint density at radius 3 is 2.21 bits per heavy atom. The van der Waals surface area contributed by atoms with Gasteiger partial charge in [-0.1, -0.05) is 34.1 Å². The van der Waals surface area contributed by atoms with Crippen LogP contribution in [0, 0.1) is 6.92 Å². The summed E-state index contributed by atoms with van der Waals surface area (Å²) in [6.07, 6.45) is 1.22. The van der Waals surface area contributed by atoms with Crippen molar-refractivity contribution in [1.29, 1.82) is 0 Å². The van der Waals surface area contributed by atoms with Gasteiger partial charge in [0.05, 0.1) is 22.7 Å². The van der Waals surface area contributed by atoms with Gasteiger partial charge < -0.3 is 5.11 Å². The van der Waals surface area contributed by atoms with Gasteiger partial charge in [-0.15, -0.1) is 0 Å². The molecule has 3 aromatic carbocycles. The monoisotopic (exact) mass is 503 g/mol. The Hall–Kier alpha value is -4.11. The number of benzene rings is 3. The van der Waals surface area contributed by atoms with Crippen LogP contribution in [0.2, 0.25) is 0 Å². The van der Waals surface area contributed by atoms with Gasteiger partial charge in [-0.25, -0.2) is 9.36 Å². The van der Waals surface area contributed by atoms with Gasteiger partial charge in [-0.05, 0) is 67.1 Å². The maximum atomic E-state index is 12.4. The van der Waals surface area contributed by atoms with Gasteiger partial charge in [0.25, 0.3) is 5.56 Å². The molecule has 9 heteroatoms. The molecule has 0 fully saturated rings. The third-order valence-electron chi connectivity index (χ3n) is 4.75. The average Bonchev–Trinajstić information content (AvgIpc) is 2.81. The second-order valence-corrected chi connectivity index (χ2v) is 7.93. The van der Waals surface area contributed by atoms with Crippen molar-refractivity contribution in [3.05, 3.63) is 109 Å². The number of aromatic hydroxyl groups is 1. The number of aliphatic imine (C=N–C) groups is 1. The number of azo groups is 1. The lowest BCUT2D eigenvalue weighted by Gasteiger charge is -2.11. The second kappa shape index (κ2) is 9.58. The molecule has 2 N–H and O–H groups in total. The van der Waals surface area contributed by atoms with Gasteiger partial charge in [-0.2, -0.15) is 10.2 Å². The van der Waals surface area contributed by atoms with E-state index in [2.05, 4.69) is 36.1 Å². The fourth-order valence-electron chi connectivity index (χ4n) is 3.02. The highest BCUT2D eigenvalue weighted by Crippen LogP contribution is 2.23. The van der Waals surface area contributed by atoms with Crippen molar-refractivity contribution < 1.29 is 5.11 Å². The SMILES string of the molecule is Cc1cc(-n2c(O)c(C=Nc3ccc(N=Nc4ccccc4)cc3)c(=O)[nH]c2=O)ccc1Br. The number of aromatic nitrogens is 2. The lowest BCUT2D eigenvalue weighted by atomic mass is 10.2. The van der Waals surface area contributed by atoms with Gasteiger partial charge in [-0.3, -0.25) is 14.8 Å². The normalized spacial score (nSPS) is 11.5. The number of rotatable bonds is 5. The molecule has 4 rings (SSSR count). The highest BCUT2D eigenvalue weighted by atomic mass is 79.9. The van der Waals surface area contributed by atoms with Crippen molar-refractivity contribution in [3.63, 3.8) is 0 Å². The molecule has 0 unspecified atom stereocenters. The highest BCUT2D eigenvalue weighted by Gasteiger charge is 2.14. The van der Waals surface area contributed by atoms with Crippen LogP contribution in [0.3, 0.4) is 0 Å². The predicted molar refractivity (Wildman–Crippen MR) is 131 cm³/mol. The van der Waals surface area contributed by atoms with Crippen molar-refractivity contribution >= 4 is 39.2 Å². The van der Waals surface area contributed by atoms with Gasteiger partial charge >= 0.3 is 5.69 Å². The largest absolute Gasteiger partial charge is 0.493 e. The van der Waals surface area contributed by atoms with E-state index in [1.54, 1.807) is 42.5 Å². The van der Waals surface area contributed by atoms with E-state index >= 15 is 0 Å². The van der Waals surface area contributed by atoms with E-state index in [1.807, 2.05) is 37.3 Å². The number of H-pyrrole nitrogens is 1. The first-order chi connectivity index (χ1) is 15.9. The van der Waals surface area contributed by atoms with Crippen LogP contribution in [-0.4, -0.2) is 20.9 Å². The molecule has 0 aliphatic heterocycles. The molecule has 8 nitrogen and oxygen atoms in total. The summed E-state index contributed by atoms with van der Waals surface area (Å²) < 4.78 is 1.88. The van der Waals surface area contributed by atoms with E-state index in [-0.39, 0.29) is 5.56 Å². The number of nitrogens with one attached hydrogen (secondary N) is 1. The van der Waals surface area contributed by atoms with Crippen molar-refractivity contribution in [3.8, 4) is 11.6 Å². The van der Waals surface area contributed by atoms with E-state index in [1.165, 1.54) is 6.21 Å². The Balaban J connectivity index is 1.62. The molecule has 4 aromatic rings. The summed E-state index contributed by atoms with van der Waals surface area (Å²) in [4.78, 5) is 31.1. The fraction of sp³-hybridized carbons (Fsp3) is 0.0417. The summed E-state index contributed by atoms with van der Waals surface area (Å²) >= 11 is 3.40. The first kappa shape index (κ1) is 22.1. The quantitative estimate of drug-likeness (QED) is 0.278. The minimum absolute atomic E-state index is 0.136. The van der Waals surface area contributed by atoms with E-state index in [0.717, 1.165) is 20.3 Å². The summed E-state index contributed by atoms with van der Waals surface area (Å²) in [5.74, 6) is -0.498. The Labute approximate surface area is 196 Å².